The van der Waals surface area contributed by atoms with Gasteiger partial charge in [0, 0.05) is 9.83 Å². The molecule has 1 aliphatic rings. The first kappa shape index (κ1) is 5.02. The van der Waals surface area contributed by atoms with Crippen LogP contribution in [0.25, 0.3) is 0 Å². The van der Waals surface area contributed by atoms with E-state index in [-0.39, 0.29) is 0 Å². The van der Waals surface area contributed by atoms with E-state index < -0.39 is 0 Å². The molecule has 2 nitrogen and oxygen atoms in total. The van der Waals surface area contributed by atoms with Gasteiger partial charge in [-0.2, -0.15) is 0 Å². The third kappa shape index (κ3) is 1.55. The van der Waals surface area contributed by atoms with Gasteiger partial charge in [-0.15, -0.1) is 7.54 Å². The molecule has 0 saturated heterocycles. The summed E-state index contributed by atoms with van der Waals surface area (Å²) in [5.41, 5.74) is 0. The second-order valence-electron chi connectivity index (χ2n) is 0.448. The standard InChI is InChI=1S/N2S4/c1-3-2-5-6-4-1. The van der Waals surface area contributed by atoms with Gasteiger partial charge in [-0.3, -0.25) is 0 Å². The third-order valence-electron chi connectivity index (χ3n) is 0.188. The lowest BCUT2D eigenvalue weighted by atomic mass is 13.9. The number of hydrogen-bond acceptors (Lipinski definition) is 5. The minimum Gasteiger partial charge on any atom is -0.128 e. The van der Waals surface area contributed by atoms with Gasteiger partial charge in [0.15, 0.2) is 0 Å². The first-order valence-electron chi connectivity index (χ1n) is 1.06. The van der Waals surface area contributed by atoms with Gasteiger partial charge >= 0.3 is 0 Å². The topological polar surface area (TPSA) is 24.7 Å². The summed E-state index contributed by atoms with van der Waals surface area (Å²) in [5, 5.41) is 0. The Morgan fingerprint density at radius 2 is 1.67 bits per heavy atom. The zero-order chi connectivity index (χ0) is 4.24. The fraction of sp³-hybridized carbons (Fsp3) is 0. The van der Waals surface area contributed by atoms with Gasteiger partial charge in [0.05, 0.1) is 33.3 Å². The molecule has 1 rings (SSSR count). The zero-order valence-electron chi connectivity index (χ0n) is 2.53. The average Bonchev–Trinajstić information content (AvgIpc) is 1.72. The molecular formula is N2S4. The van der Waals surface area contributed by atoms with E-state index in [1.165, 1.54) is 33.3 Å². The van der Waals surface area contributed by atoms with Crippen molar-refractivity contribution in [3.8, 4) is 0 Å². The molecule has 0 fully saturated rings. The van der Waals surface area contributed by atoms with Crippen LogP contribution in [0, 0.1) is 0 Å². The normalized spacial score (nSPS) is 20.0. The molecule has 0 radical (unpaired) electrons. The Balaban J connectivity index is 2.53. The maximum atomic E-state index is 3.79. The first-order chi connectivity index (χ1) is 3.00. The van der Waals surface area contributed by atoms with E-state index in [4.69, 9.17) is 0 Å². The SMILES string of the molecule is N1=S=NSSS1. The first-order valence-corrected chi connectivity index (χ1v) is 5.19. The van der Waals surface area contributed by atoms with Gasteiger partial charge in [0.2, 0.25) is 0 Å². The van der Waals surface area contributed by atoms with Crippen molar-refractivity contribution < 1.29 is 0 Å². The summed E-state index contributed by atoms with van der Waals surface area (Å²) >= 11 is 1.25. The quantitative estimate of drug-likeness (QED) is 0.397. The summed E-state index contributed by atoms with van der Waals surface area (Å²) in [6.45, 7) is 0. The number of hydrogen-bond donors (Lipinski definition) is 0. The molecule has 6 heteroatoms. The second-order valence-corrected chi connectivity index (χ2v) is 4.77. The molecule has 34 valence electrons. The summed E-state index contributed by atoms with van der Waals surface area (Å²) in [6.07, 6.45) is 0. The van der Waals surface area contributed by atoms with E-state index in [1.54, 1.807) is 9.83 Å². The number of rotatable bonds is 0. The van der Waals surface area contributed by atoms with E-state index in [0.717, 1.165) is 0 Å². The monoisotopic (exact) mass is 156 g/mol. The Labute approximate surface area is 50.8 Å². The van der Waals surface area contributed by atoms with Gasteiger partial charge in [-0.05, 0) is 0 Å². The van der Waals surface area contributed by atoms with Gasteiger partial charge in [0.25, 0.3) is 0 Å². The second kappa shape index (κ2) is 2.95. The summed E-state index contributed by atoms with van der Waals surface area (Å²) in [5.74, 6) is 0. The van der Waals surface area contributed by atoms with E-state index in [2.05, 4.69) is 7.54 Å². The smallest absolute Gasteiger partial charge is 0.0847 e. The van der Waals surface area contributed by atoms with Crippen LogP contribution in [0.3, 0.4) is 0 Å². The third-order valence-corrected chi connectivity index (χ3v) is 3.89. The van der Waals surface area contributed by atoms with Crippen LogP contribution in [-0.2, 0) is 11.4 Å². The average molecular weight is 156 g/mol. The molecule has 0 aliphatic carbocycles. The molecular weight excluding hydrogens is 156 g/mol. The Bertz CT molecular complexity index is 81.7. The van der Waals surface area contributed by atoms with Gasteiger partial charge in [0.1, 0.15) is 0 Å². The predicted molar refractivity (Wildman–Crippen MR) is 35.0 cm³/mol. The van der Waals surface area contributed by atoms with E-state index in [1.807, 2.05) is 0 Å². The van der Waals surface area contributed by atoms with Crippen molar-refractivity contribution in [2.45, 2.75) is 0 Å². The van der Waals surface area contributed by atoms with Crippen molar-refractivity contribution in [2.24, 2.45) is 7.54 Å². The molecule has 0 aromatic carbocycles. The van der Waals surface area contributed by atoms with Crippen LogP contribution in [0.5, 0.6) is 0 Å². The van der Waals surface area contributed by atoms with Crippen LogP contribution in [0.15, 0.2) is 7.54 Å². The van der Waals surface area contributed by atoms with Crippen molar-refractivity contribution in [1.82, 2.24) is 0 Å². The van der Waals surface area contributed by atoms with Gasteiger partial charge in [-0.1, -0.05) is 0 Å². The summed E-state index contributed by atoms with van der Waals surface area (Å²) in [4.78, 5) is 0. The van der Waals surface area contributed by atoms with E-state index >= 15 is 0 Å². The molecule has 1 aliphatic heterocycles. The van der Waals surface area contributed by atoms with Crippen LogP contribution in [0.2, 0.25) is 0 Å². The molecule has 1 heterocycles. The highest BCUT2D eigenvalue weighted by molar-refractivity contribution is 9.09. The zero-order valence-corrected chi connectivity index (χ0v) is 5.79. The van der Waals surface area contributed by atoms with Crippen LogP contribution in [0.1, 0.15) is 0 Å². The molecule has 0 N–H and O–H groups in total. The molecule has 0 atom stereocenters. The molecule has 0 bridgehead atoms. The molecule has 0 aromatic rings. The molecule has 0 saturated carbocycles. The van der Waals surface area contributed by atoms with Gasteiger partial charge < -0.3 is 0 Å². The summed E-state index contributed by atoms with van der Waals surface area (Å²) < 4.78 is 7.57. The lowest BCUT2D eigenvalue weighted by Gasteiger charge is -1.84. The van der Waals surface area contributed by atoms with Crippen LogP contribution < -0.4 is 0 Å². The maximum absolute atomic E-state index is 3.79. The van der Waals surface area contributed by atoms with Crippen LogP contribution in [0.4, 0.5) is 0 Å². The fourth-order valence-electron chi connectivity index (χ4n) is 0.0793. The summed E-state index contributed by atoms with van der Waals surface area (Å²) in [6, 6.07) is 0. The highest BCUT2D eigenvalue weighted by Gasteiger charge is 1.86. The lowest BCUT2D eigenvalue weighted by Crippen LogP contribution is -1.42. The lowest BCUT2D eigenvalue weighted by molar-refractivity contribution is 2.05. The maximum Gasteiger partial charge on any atom is 0.0847 e. The van der Waals surface area contributed by atoms with Crippen molar-refractivity contribution in [3.63, 3.8) is 0 Å². The van der Waals surface area contributed by atoms with E-state index in [9.17, 15) is 0 Å². The Kier molecular flexibility index (Phi) is 2.47. The minimum atomic E-state index is 1.25. The van der Waals surface area contributed by atoms with Crippen molar-refractivity contribution in [1.29, 1.82) is 0 Å². The van der Waals surface area contributed by atoms with Crippen LogP contribution >= 0.6 is 31.8 Å². The Hall–Kier alpha value is 0.870. The Morgan fingerprint density at radius 1 is 1.00 bits per heavy atom. The predicted octanol–water partition coefficient (Wildman–Crippen LogP) is 2.31. The van der Waals surface area contributed by atoms with Crippen molar-refractivity contribution in [2.75, 3.05) is 0 Å². The van der Waals surface area contributed by atoms with Crippen molar-refractivity contribution in [3.05, 3.63) is 0 Å². The molecule has 0 aromatic heterocycles. The summed E-state index contributed by atoms with van der Waals surface area (Å²) in [7, 11) is 4.51. The van der Waals surface area contributed by atoms with Crippen LogP contribution in [-0.4, -0.2) is 0 Å². The molecule has 0 amide bonds. The molecule has 0 unspecified atom stereocenters. The highest BCUT2D eigenvalue weighted by Crippen LogP contribution is 2.38. The minimum absolute atomic E-state index is 1.25. The number of nitrogens with zero attached hydrogens (tertiary/aromatic N) is 2. The molecule has 0 spiro atoms. The fourth-order valence-corrected chi connectivity index (χ4v) is 3.48. The highest BCUT2D eigenvalue weighted by atomic mass is 33.5. The molecule has 6 heavy (non-hydrogen) atoms. The van der Waals surface area contributed by atoms with Gasteiger partial charge in [-0.25, -0.2) is 0 Å². The Morgan fingerprint density at radius 3 is 1.83 bits per heavy atom. The van der Waals surface area contributed by atoms with E-state index in [0.29, 0.717) is 0 Å². The largest absolute Gasteiger partial charge is 0.128 e. The van der Waals surface area contributed by atoms with Crippen molar-refractivity contribution >= 4 is 43.1 Å².